The summed E-state index contributed by atoms with van der Waals surface area (Å²) in [6, 6.07) is 0.838. The topological polar surface area (TPSA) is 27.6 Å². The van der Waals surface area contributed by atoms with E-state index < -0.39 is 0 Å². The van der Waals surface area contributed by atoms with Crippen LogP contribution in [0.15, 0.2) is 4.99 Å². The lowest BCUT2D eigenvalue weighted by atomic mass is 10.2. The summed E-state index contributed by atoms with van der Waals surface area (Å²) in [5.41, 5.74) is 0. The highest BCUT2D eigenvalue weighted by molar-refractivity contribution is 8.14. The van der Waals surface area contributed by atoms with Crippen molar-refractivity contribution in [2.24, 2.45) is 4.99 Å². The first-order valence-corrected chi connectivity index (χ1v) is 6.96. The van der Waals surface area contributed by atoms with Crippen molar-refractivity contribution in [3.05, 3.63) is 0 Å². The third-order valence-corrected chi connectivity index (χ3v) is 4.21. The standard InChI is InChI=1S/C11H21N3S/c1-14(10-4-2-3-5-10)8-6-12-11-13-7-9-15-11/h10H,2-9H2,1H3,(H,12,13). The highest BCUT2D eigenvalue weighted by Crippen LogP contribution is 2.21. The van der Waals surface area contributed by atoms with Crippen LogP contribution in [0.2, 0.25) is 0 Å². The zero-order chi connectivity index (χ0) is 10.5. The molecule has 3 nitrogen and oxygen atoms in total. The minimum atomic E-state index is 0.838. The Morgan fingerprint density at radius 1 is 1.47 bits per heavy atom. The van der Waals surface area contributed by atoms with Gasteiger partial charge >= 0.3 is 0 Å². The molecule has 0 aromatic rings. The lowest BCUT2D eigenvalue weighted by Gasteiger charge is -2.24. The maximum absolute atomic E-state index is 4.38. The van der Waals surface area contributed by atoms with Gasteiger partial charge in [-0.2, -0.15) is 0 Å². The average molecular weight is 227 g/mol. The Labute approximate surface area is 96.7 Å². The monoisotopic (exact) mass is 227 g/mol. The van der Waals surface area contributed by atoms with E-state index in [1.165, 1.54) is 25.7 Å². The Morgan fingerprint density at radius 2 is 2.27 bits per heavy atom. The fourth-order valence-corrected chi connectivity index (χ4v) is 3.07. The van der Waals surface area contributed by atoms with E-state index >= 15 is 0 Å². The van der Waals surface area contributed by atoms with Gasteiger partial charge < -0.3 is 10.2 Å². The summed E-state index contributed by atoms with van der Waals surface area (Å²) in [5, 5.41) is 4.56. The molecule has 1 aliphatic heterocycles. The van der Waals surface area contributed by atoms with Gasteiger partial charge in [-0.15, -0.1) is 0 Å². The molecule has 0 radical (unpaired) electrons. The number of hydrogen-bond acceptors (Lipinski definition) is 4. The van der Waals surface area contributed by atoms with Crippen molar-refractivity contribution in [1.29, 1.82) is 0 Å². The highest BCUT2D eigenvalue weighted by Gasteiger charge is 2.18. The van der Waals surface area contributed by atoms with Crippen molar-refractivity contribution in [2.75, 3.05) is 32.4 Å². The molecule has 0 amide bonds. The Kier molecular flexibility index (Phi) is 4.32. The van der Waals surface area contributed by atoms with Gasteiger partial charge in [-0.3, -0.25) is 4.99 Å². The van der Waals surface area contributed by atoms with Gasteiger partial charge in [0.15, 0.2) is 5.17 Å². The van der Waals surface area contributed by atoms with E-state index in [0.29, 0.717) is 0 Å². The van der Waals surface area contributed by atoms with Crippen molar-refractivity contribution in [3.8, 4) is 0 Å². The molecule has 1 N–H and O–H groups in total. The number of hydrogen-bond donors (Lipinski definition) is 1. The van der Waals surface area contributed by atoms with Gasteiger partial charge in [0.25, 0.3) is 0 Å². The van der Waals surface area contributed by atoms with Crippen LogP contribution >= 0.6 is 11.8 Å². The number of rotatable bonds is 4. The van der Waals surface area contributed by atoms with E-state index in [-0.39, 0.29) is 0 Å². The molecule has 0 unspecified atom stereocenters. The molecule has 0 bridgehead atoms. The lowest BCUT2D eigenvalue weighted by Crippen LogP contribution is -2.36. The molecule has 1 fully saturated rings. The lowest BCUT2D eigenvalue weighted by molar-refractivity contribution is 0.249. The second-order valence-electron chi connectivity index (χ2n) is 4.38. The summed E-state index contributed by atoms with van der Waals surface area (Å²) in [6.45, 7) is 3.18. The summed E-state index contributed by atoms with van der Waals surface area (Å²) >= 11 is 1.85. The minimum Gasteiger partial charge on any atom is -0.364 e. The minimum absolute atomic E-state index is 0.838. The third-order valence-electron chi connectivity index (χ3n) is 3.27. The molecule has 0 aromatic heterocycles. The van der Waals surface area contributed by atoms with E-state index in [9.17, 15) is 0 Å². The van der Waals surface area contributed by atoms with E-state index in [1.807, 2.05) is 11.8 Å². The zero-order valence-corrected chi connectivity index (χ0v) is 10.4. The van der Waals surface area contributed by atoms with Crippen molar-refractivity contribution in [2.45, 2.75) is 31.7 Å². The van der Waals surface area contributed by atoms with Gasteiger partial charge in [-0.05, 0) is 19.9 Å². The Morgan fingerprint density at radius 3 is 2.93 bits per heavy atom. The fraction of sp³-hybridized carbons (Fsp3) is 0.909. The van der Waals surface area contributed by atoms with E-state index in [4.69, 9.17) is 0 Å². The average Bonchev–Trinajstić information content (AvgIpc) is 2.90. The van der Waals surface area contributed by atoms with Crippen molar-refractivity contribution in [1.82, 2.24) is 10.2 Å². The van der Waals surface area contributed by atoms with Gasteiger partial charge in [-0.25, -0.2) is 0 Å². The van der Waals surface area contributed by atoms with Crippen LogP contribution in [0.3, 0.4) is 0 Å². The van der Waals surface area contributed by atoms with Crippen LogP contribution in [0, 0.1) is 0 Å². The summed E-state index contributed by atoms with van der Waals surface area (Å²) in [6.07, 6.45) is 5.63. The first-order valence-electron chi connectivity index (χ1n) is 5.97. The smallest absolute Gasteiger partial charge is 0.156 e. The van der Waals surface area contributed by atoms with Crippen LogP contribution in [-0.4, -0.2) is 48.5 Å². The molecule has 15 heavy (non-hydrogen) atoms. The van der Waals surface area contributed by atoms with Crippen molar-refractivity contribution < 1.29 is 0 Å². The largest absolute Gasteiger partial charge is 0.364 e. The molecule has 86 valence electrons. The molecule has 2 aliphatic rings. The highest BCUT2D eigenvalue weighted by atomic mass is 32.2. The quantitative estimate of drug-likeness (QED) is 0.790. The second-order valence-corrected chi connectivity index (χ2v) is 5.46. The normalized spacial score (nSPS) is 22.4. The molecule has 2 rings (SSSR count). The fourth-order valence-electron chi connectivity index (χ4n) is 2.31. The number of nitrogens with zero attached hydrogens (tertiary/aromatic N) is 2. The maximum Gasteiger partial charge on any atom is 0.156 e. The van der Waals surface area contributed by atoms with Gasteiger partial charge in [-0.1, -0.05) is 24.6 Å². The molecule has 1 heterocycles. The van der Waals surface area contributed by atoms with Gasteiger partial charge in [0.1, 0.15) is 0 Å². The first kappa shape index (κ1) is 11.3. The zero-order valence-electron chi connectivity index (χ0n) is 9.54. The van der Waals surface area contributed by atoms with Gasteiger partial charge in [0.2, 0.25) is 0 Å². The van der Waals surface area contributed by atoms with E-state index in [0.717, 1.165) is 36.6 Å². The molecule has 0 spiro atoms. The number of amidine groups is 1. The molecule has 0 saturated heterocycles. The van der Waals surface area contributed by atoms with Crippen LogP contribution in [-0.2, 0) is 0 Å². The second kappa shape index (κ2) is 5.75. The molecule has 0 atom stereocenters. The van der Waals surface area contributed by atoms with Crippen LogP contribution in [0.25, 0.3) is 0 Å². The van der Waals surface area contributed by atoms with Crippen LogP contribution < -0.4 is 5.32 Å². The molecule has 0 aromatic carbocycles. The first-order chi connectivity index (χ1) is 7.36. The maximum atomic E-state index is 4.38. The molecular weight excluding hydrogens is 206 g/mol. The van der Waals surface area contributed by atoms with Crippen LogP contribution in [0.1, 0.15) is 25.7 Å². The number of thioether (sulfide) groups is 1. The number of likely N-dealkylation sites (N-methyl/N-ethyl adjacent to an activating group) is 1. The van der Waals surface area contributed by atoms with Gasteiger partial charge in [0.05, 0.1) is 6.54 Å². The van der Waals surface area contributed by atoms with Crippen LogP contribution in [0.5, 0.6) is 0 Å². The van der Waals surface area contributed by atoms with Crippen LogP contribution in [0.4, 0.5) is 0 Å². The SMILES string of the molecule is CN(CCNC1=NCCS1)C1CCCC1. The molecule has 1 aliphatic carbocycles. The Balaban J connectivity index is 1.60. The molecule has 1 saturated carbocycles. The van der Waals surface area contributed by atoms with Gasteiger partial charge in [0, 0.05) is 24.9 Å². The molecule has 4 heteroatoms. The number of aliphatic imine (C=N–C) groups is 1. The predicted molar refractivity (Wildman–Crippen MR) is 67.6 cm³/mol. The van der Waals surface area contributed by atoms with Crippen molar-refractivity contribution >= 4 is 16.9 Å². The Hall–Kier alpha value is -0.220. The predicted octanol–water partition coefficient (Wildman–Crippen LogP) is 1.55. The number of nitrogens with one attached hydrogen (secondary N) is 1. The third kappa shape index (κ3) is 3.38. The summed E-state index contributed by atoms with van der Waals surface area (Å²) in [4.78, 5) is 6.88. The summed E-state index contributed by atoms with van der Waals surface area (Å²) in [5.74, 6) is 1.15. The van der Waals surface area contributed by atoms with Crippen molar-refractivity contribution in [3.63, 3.8) is 0 Å². The Bertz CT molecular complexity index is 224. The summed E-state index contributed by atoms with van der Waals surface area (Å²) < 4.78 is 0. The molecular formula is C11H21N3S. The summed E-state index contributed by atoms with van der Waals surface area (Å²) in [7, 11) is 2.25. The van der Waals surface area contributed by atoms with E-state index in [1.54, 1.807) is 0 Å². The van der Waals surface area contributed by atoms with E-state index in [2.05, 4.69) is 22.3 Å².